The lowest BCUT2D eigenvalue weighted by Crippen LogP contribution is -2.57. The first-order valence-electron chi connectivity index (χ1n) is 13.5. The number of ketones is 1. The number of aliphatic hydroxyl groups excluding tert-OH is 3. The van der Waals surface area contributed by atoms with E-state index in [1.54, 1.807) is 0 Å². The Labute approximate surface area is 201 Å². The Morgan fingerprint density at radius 1 is 1.03 bits per heavy atom. The molecule has 4 saturated carbocycles. The molecule has 0 aromatic heterocycles. The van der Waals surface area contributed by atoms with E-state index in [1.165, 1.54) is 0 Å². The SMILES string of the molecule is C=C([C@@H](O)[C@H](O)[C@@H](C)[C@H]1CCC2C3CC(=O)C4C[C@H](O)CC[C@]4(C)C3CC[C@@]21C)C(C)(C)C. The largest absolute Gasteiger partial charge is 0.393 e. The molecule has 4 aliphatic rings. The molecule has 0 aromatic carbocycles. The summed E-state index contributed by atoms with van der Waals surface area (Å²) in [4.78, 5) is 13.3. The van der Waals surface area contributed by atoms with Gasteiger partial charge in [-0.15, -0.1) is 0 Å². The van der Waals surface area contributed by atoms with Crippen LogP contribution in [0.1, 0.15) is 92.9 Å². The summed E-state index contributed by atoms with van der Waals surface area (Å²) in [6.45, 7) is 17.1. The van der Waals surface area contributed by atoms with Crippen LogP contribution < -0.4 is 0 Å². The van der Waals surface area contributed by atoms with E-state index in [2.05, 4.69) is 27.4 Å². The maximum atomic E-state index is 13.3. The minimum Gasteiger partial charge on any atom is -0.393 e. The van der Waals surface area contributed by atoms with Gasteiger partial charge in [-0.05, 0) is 96.4 Å². The van der Waals surface area contributed by atoms with Crippen LogP contribution in [0, 0.1) is 51.8 Å². The van der Waals surface area contributed by atoms with Gasteiger partial charge in [-0.1, -0.05) is 48.1 Å². The Morgan fingerprint density at radius 2 is 1.64 bits per heavy atom. The van der Waals surface area contributed by atoms with E-state index in [0.717, 1.165) is 38.5 Å². The monoisotopic (exact) mass is 460 g/mol. The molecule has 188 valence electrons. The summed E-state index contributed by atoms with van der Waals surface area (Å²) < 4.78 is 0. The van der Waals surface area contributed by atoms with Crippen LogP contribution in [0.5, 0.6) is 0 Å². The average molecular weight is 461 g/mol. The molecule has 0 bridgehead atoms. The van der Waals surface area contributed by atoms with Crippen molar-refractivity contribution in [3.63, 3.8) is 0 Å². The predicted octanol–water partition coefficient (Wildman–Crippen LogP) is 5.15. The highest BCUT2D eigenvalue weighted by Gasteiger charge is 2.63. The predicted molar refractivity (Wildman–Crippen MR) is 131 cm³/mol. The van der Waals surface area contributed by atoms with Crippen molar-refractivity contribution in [2.24, 2.45) is 51.8 Å². The van der Waals surface area contributed by atoms with Crippen molar-refractivity contribution in [2.75, 3.05) is 0 Å². The van der Waals surface area contributed by atoms with E-state index in [-0.39, 0.29) is 34.2 Å². The highest BCUT2D eigenvalue weighted by atomic mass is 16.3. The first-order chi connectivity index (χ1) is 15.2. The standard InChI is InChI=1S/C29H48O4/c1-16(25(32)26(33)17(2)27(3,4)5)20-8-9-21-19-15-24(31)23-14-18(30)10-12-29(23,7)22(19)11-13-28(20,21)6/h16,18-23,25-26,30,32-33H,2,8-15H2,1,3-7H3/t16-,18+,19?,20+,21?,22?,23?,25+,26+,28+,29+/m0/s1. The summed E-state index contributed by atoms with van der Waals surface area (Å²) in [5, 5.41) is 32.4. The van der Waals surface area contributed by atoms with Crippen molar-refractivity contribution in [1.82, 2.24) is 0 Å². The molecule has 0 aliphatic heterocycles. The van der Waals surface area contributed by atoms with Gasteiger partial charge >= 0.3 is 0 Å². The minimum atomic E-state index is -0.913. The van der Waals surface area contributed by atoms with Crippen LogP contribution in [0.4, 0.5) is 0 Å². The second kappa shape index (κ2) is 8.45. The molecule has 4 aliphatic carbocycles. The van der Waals surface area contributed by atoms with E-state index < -0.39 is 12.2 Å². The van der Waals surface area contributed by atoms with Crippen LogP contribution in [0.25, 0.3) is 0 Å². The van der Waals surface area contributed by atoms with Crippen LogP contribution in [0.2, 0.25) is 0 Å². The topological polar surface area (TPSA) is 77.8 Å². The zero-order valence-electron chi connectivity index (χ0n) is 21.8. The smallest absolute Gasteiger partial charge is 0.136 e. The summed E-state index contributed by atoms with van der Waals surface area (Å²) in [6.07, 6.45) is 5.53. The van der Waals surface area contributed by atoms with E-state index in [4.69, 9.17) is 0 Å². The van der Waals surface area contributed by atoms with Crippen molar-refractivity contribution in [2.45, 2.75) is 111 Å². The lowest BCUT2D eigenvalue weighted by Gasteiger charge is -2.60. The Morgan fingerprint density at radius 3 is 2.27 bits per heavy atom. The van der Waals surface area contributed by atoms with Crippen LogP contribution in [0.3, 0.4) is 0 Å². The molecule has 0 aromatic rings. The third-order valence-electron chi connectivity index (χ3n) is 11.3. The van der Waals surface area contributed by atoms with Gasteiger partial charge in [0, 0.05) is 12.3 Å². The second-order valence-corrected chi connectivity index (χ2v) is 13.8. The molecule has 11 atom stereocenters. The quantitative estimate of drug-likeness (QED) is 0.507. The van der Waals surface area contributed by atoms with Gasteiger partial charge in [-0.3, -0.25) is 4.79 Å². The number of hydrogen-bond acceptors (Lipinski definition) is 4. The van der Waals surface area contributed by atoms with E-state index in [1.807, 2.05) is 20.8 Å². The van der Waals surface area contributed by atoms with Crippen LogP contribution in [-0.4, -0.2) is 39.4 Å². The number of hydrogen-bond donors (Lipinski definition) is 3. The highest BCUT2D eigenvalue weighted by Crippen LogP contribution is 2.67. The van der Waals surface area contributed by atoms with Crippen LogP contribution in [-0.2, 0) is 4.79 Å². The molecule has 4 unspecified atom stereocenters. The molecule has 4 rings (SSSR count). The summed E-state index contributed by atoms with van der Waals surface area (Å²) in [5.41, 5.74) is 0.580. The van der Waals surface area contributed by atoms with Crippen molar-refractivity contribution >= 4 is 5.78 Å². The van der Waals surface area contributed by atoms with Crippen LogP contribution >= 0.6 is 0 Å². The van der Waals surface area contributed by atoms with Crippen molar-refractivity contribution < 1.29 is 20.1 Å². The molecule has 0 amide bonds. The molecule has 0 saturated heterocycles. The minimum absolute atomic E-state index is 0.0156. The molecular formula is C29H48O4. The van der Waals surface area contributed by atoms with Crippen molar-refractivity contribution in [1.29, 1.82) is 0 Å². The van der Waals surface area contributed by atoms with Gasteiger partial charge < -0.3 is 15.3 Å². The zero-order valence-corrected chi connectivity index (χ0v) is 21.8. The molecule has 0 radical (unpaired) electrons. The molecule has 0 spiro atoms. The van der Waals surface area contributed by atoms with Gasteiger partial charge in [0.05, 0.1) is 12.2 Å². The summed E-state index contributed by atoms with van der Waals surface area (Å²) in [5.74, 6) is 2.24. The second-order valence-electron chi connectivity index (χ2n) is 13.8. The summed E-state index contributed by atoms with van der Waals surface area (Å²) in [6, 6.07) is 0. The maximum Gasteiger partial charge on any atom is 0.136 e. The third-order valence-corrected chi connectivity index (χ3v) is 11.3. The molecule has 33 heavy (non-hydrogen) atoms. The number of carbonyl (C=O) groups excluding carboxylic acids is 1. The zero-order chi connectivity index (χ0) is 24.5. The Hall–Kier alpha value is -0.710. The number of aliphatic hydroxyl groups is 3. The van der Waals surface area contributed by atoms with Crippen LogP contribution in [0.15, 0.2) is 12.2 Å². The van der Waals surface area contributed by atoms with E-state index in [9.17, 15) is 20.1 Å². The number of fused-ring (bicyclic) bond motifs is 5. The van der Waals surface area contributed by atoms with E-state index >= 15 is 0 Å². The number of rotatable bonds is 4. The Bertz CT molecular complexity index is 783. The number of carbonyl (C=O) groups is 1. The summed E-state index contributed by atoms with van der Waals surface area (Å²) >= 11 is 0. The Balaban J connectivity index is 1.55. The molecule has 4 nitrogen and oxygen atoms in total. The first kappa shape index (κ1) is 25.4. The fourth-order valence-corrected chi connectivity index (χ4v) is 9.10. The van der Waals surface area contributed by atoms with Gasteiger partial charge in [0.25, 0.3) is 0 Å². The van der Waals surface area contributed by atoms with Gasteiger partial charge in [0.1, 0.15) is 11.9 Å². The lowest BCUT2D eigenvalue weighted by molar-refractivity contribution is -0.161. The fraction of sp³-hybridized carbons (Fsp3) is 0.897. The molecule has 4 fully saturated rings. The molecule has 4 heteroatoms. The van der Waals surface area contributed by atoms with Crippen molar-refractivity contribution in [3.05, 3.63) is 12.2 Å². The van der Waals surface area contributed by atoms with Gasteiger partial charge in [0.2, 0.25) is 0 Å². The first-order valence-corrected chi connectivity index (χ1v) is 13.5. The lowest BCUT2D eigenvalue weighted by atomic mass is 9.44. The third kappa shape index (κ3) is 3.96. The highest BCUT2D eigenvalue weighted by molar-refractivity contribution is 5.83. The summed E-state index contributed by atoms with van der Waals surface area (Å²) in [7, 11) is 0. The van der Waals surface area contributed by atoms with Crippen molar-refractivity contribution in [3.8, 4) is 0 Å². The van der Waals surface area contributed by atoms with E-state index in [0.29, 0.717) is 47.9 Å². The Kier molecular flexibility index (Phi) is 6.50. The maximum absolute atomic E-state index is 13.3. The average Bonchev–Trinajstić information content (AvgIpc) is 3.09. The molecule has 3 N–H and O–H groups in total. The molecule has 0 heterocycles. The normalized spacial score (nSPS) is 46.0. The van der Waals surface area contributed by atoms with Gasteiger partial charge in [-0.25, -0.2) is 0 Å². The van der Waals surface area contributed by atoms with Gasteiger partial charge in [-0.2, -0.15) is 0 Å². The molecular weight excluding hydrogens is 412 g/mol. The fourth-order valence-electron chi connectivity index (χ4n) is 9.10. The van der Waals surface area contributed by atoms with Gasteiger partial charge in [0.15, 0.2) is 0 Å². The number of Topliss-reactive ketones (excluding diaryl/α,β-unsaturated/α-hetero) is 1.